The average Bonchev–Trinajstić information content (AvgIpc) is 2.91. The van der Waals surface area contributed by atoms with Crippen molar-refractivity contribution in [3.05, 3.63) is 18.2 Å². The molecule has 0 saturated heterocycles. The number of rotatable bonds is 6. The van der Waals surface area contributed by atoms with Gasteiger partial charge in [0.05, 0.1) is 5.60 Å². The maximum Gasteiger partial charge on any atom is 0.130 e. The minimum absolute atomic E-state index is 0.0662. The zero-order valence-corrected chi connectivity index (χ0v) is 13.9. The first-order valence-electron chi connectivity index (χ1n) is 8.09. The van der Waals surface area contributed by atoms with Gasteiger partial charge in [-0.3, -0.25) is 5.84 Å². The predicted octanol–water partition coefficient (Wildman–Crippen LogP) is 2.78. The van der Waals surface area contributed by atoms with Gasteiger partial charge in [0.1, 0.15) is 11.9 Å². The summed E-state index contributed by atoms with van der Waals surface area (Å²) in [6, 6.07) is -0.0662. The van der Waals surface area contributed by atoms with E-state index in [-0.39, 0.29) is 11.6 Å². The molecule has 1 fully saturated rings. The first-order chi connectivity index (χ1) is 9.98. The number of hydrogen-bond acceptors (Lipinski definition) is 4. The Hall–Kier alpha value is -0.910. The second-order valence-corrected chi connectivity index (χ2v) is 6.83. The third kappa shape index (κ3) is 3.30. The number of imidazole rings is 1. The van der Waals surface area contributed by atoms with Crippen LogP contribution in [0.25, 0.3) is 0 Å². The Morgan fingerprint density at radius 1 is 1.33 bits per heavy atom. The summed E-state index contributed by atoms with van der Waals surface area (Å²) < 4.78 is 8.39. The second kappa shape index (κ2) is 6.46. The van der Waals surface area contributed by atoms with Crippen LogP contribution in [-0.2, 0) is 11.3 Å². The minimum Gasteiger partial charge on any atom is -0.373 e. The van der Waals surface area contributed by atoms with E-state index in [1.807, 2.05) is 12.4 Å². The van der Waals surface area contributed by atoms with Gasteiger partial charge in [0.2, 0.25) is 0 Å². The fraction of sp³-hybridized carbons (Fsp3) is 0.812. The molecular weight excluding hydrogens is 264 g/mol. The summed E-state index contributed by atoms with van der Waals surface area (Å²) in [6.45, 7) is 10.4. The van der Waals surface area contributed by atoms with Crippen LogP contribution >= 0.6 is 0 Å². The SMILES string of the molecule is CCOC1(C(NN)c2nccn2CC)CCC(C)(C)CC1. The molecule has 0 aliphatic heterocycles. The van der Waals surface area contributed by atoms with Crippen LogP contribution in [0.1, 0.15) is 65.2 Å². The molecular formula is C16H30N4O. The Bertz CT molecular complexity index is 445. The van der Waals surface area contributed by atoms with Crippen molar-refractivity contribution in [1.82, 2.24) is 15.0 Å². The molecule has 1 aliphatic rings. The maximum atomic E-state index is 6.24. The van der Waals surface area contributed by atoms with Gasteiger partial charge in [0, 0.05) is 25.5 Å². The van der Waals surface area contributed by atoms with Gasteiger partial charge in [0.15, 0.2) is 0 Å². The molecule has 0 radical (unpaired) electrons. The van der Waals surface area contributed by atoms with Gasteiger partial charge in [-0.2, -0.15) is 0 Å². The van der Waals surface area contributed by atoms with Crippen LogP contribution in [0.15, 0.2) is 12.4 Å². The molecule has 0 spiro atoms. The van der Waals surface area contributed by atoms with Gasteiger partial charge in [-0.25, -0.2) is 10.4 Å². The topological polar surface area (TPSA) is 65.1 Å². The molecule has 0 bridgehead atoms. The van der Waals surface area contributed by atoms with Crippen LogP contribution in [0.2, 0.25) is 0 Å². The van der Waals surface area contributed by atoms with Gasteiger partial charge in [-0.05, 0) is 44.9 Å². The van der Waals surface area contributed by atoms with Gasteiger partial charge in [-0.1, -0.05) is 13.8 Å². The van der Waals surface area contributed by atoms with Crippen molar-refractivity contribution in [2.75, 3.05) is 6.61 Å². The van der Waals surface area contributed by atoms with E-state index in [4.69, 9.17) is 10.6 Å². The van der Waals surface area contributed by atoms with Crippen LogP contribution < -0.4 is 11.3 Å². The van der Waals surface area contributed by atoms with Crippen molar-refractivity contribution in [2.45, 2.75) is 71.6 Å². The summed E-state index contributed by atoms with van der Waals surface area (Å²) in [6.07, 6.45) is 8.18. The summed E-state index contributed by atoms with van der Waals surface area (Å²) >= 11 is 0. The first-order valence-corrected chi connectivity index (χ1v) is 8.09. The highest BCUT2D eigenvalue weighted by molar-refractivity contribution is 5.10. The molecule has 1 aromatic heterocycles. The Labute approximate surface area is 128 Å². The Kier molecular flexibility index (Phi) is 5.07. The zero-order chi connectivity index (χ0) is 15.5. The van der Waals surface area contributed by atoms with Crippen LogP contribution in [0.3, 0.4) is 0 Å². The molecule has 21 heavy (non-hydrogen) atoms. The van der Waals surface area contributed by atoms with Crippen LogP contribution in [0, 0.1) is 5.41 Å². The van der Waals surface area contributed by atoms with E-state index < -0.39 is 0 Å². The van der Waals surface area contributed by atoms with E-state index in [1.165, 1.54) is 0 Å². The molecule has 1 heterocycles. The number of nitrogens with zero attached hydrogens (tertiary/aromatic N) is 2. The molecule has 1 unspecified atom stereocenters. The van der Waals surface area contributed by atoms with Gasteiger partial charge >= 0.3 is 0 Å². The number of ether oxygens (including phenoxy) is 1. The van der Waals surface area contributed by atoms with Gasteiger partial charge in [-0.15, -0.1) is 0 Å². The standard InChI is InChI=1S/C16H30N4O/c1-5-20-12-11-18-14(20)13(19-17)16(21-6-2)9-7-15(3,4)8-10-16/h11-13,19H,5-10,17H2,1-4H3. The number of nitrogens with one attached hydrogen (secondary N) is 1. The molecule has 1 atom stereocenters. The maximum absolute atomic E-state index is 6.24. The summed E-state index contributed by atoms with van der Waals surface area (Å²) in [5, 5.41) is 0. The third-order valence-corrected chi connectivity index (χ3v) is 4.92. The average molecular weight is 294 g/mol. The van der Waals surface area contributed by atoms with Crippen LogP contribution in [0.5, 0.6) is 0 Å². The fourth-order valence-electron chi connectivity index (χ4n) is 3.46. The Balaban J connectivity index is 2.31. The number of hydrogen-bond donors (Lipinski definition) is 2. The molecule has 5 nitrogen and oxygen atoms in total. The Morgan fingerprint density at radius 2 is 2.00 bits per heavy atom. The monoisotopic (exact) mass is 294 g/mol. The molecule has 3 N–H and O–H groups in total. The van der Waals surface area contributed by atoms with Gasteiger partial charge < -0.3 is 9.30 Å². The minimum atomic E-state index is -0.253. The largest absolute Gasteiger partial charge is 0.373 e. The van der Waals surface area contributed by atoms with E-state index in [2.05, 4.69) is 42.7 Å². The highest BCUT2D eigenvalue weighted by atomic mass is 16.5. The zero-order valence-electron chi connectivity index (χ0n) is 13.9. The lowest BCUT2D eigenvalue weighted by atomic mass is 9.68. The van der Waals surface area contributed by atoms with Crippen molar-refractivity contribution in [3.63, 3.8) is 0 Å². The van der Waals surface area contributed by atoms with Crippen molar-refractivity contribution in [2.24, 2.45) is 11.3 Å². The van der Waals surface area contributed by atoms with Gasteiger partial charge in [0.25, 0.3) is 0 Å². The lowest BCUT2D eigenvalue weighted by Gasteiger charge is -2.47. The van der Waals surface area contributed by atoms with Crippen molar-refractivity contribution in [1.29, 1.82) is 0 Å². The van der Waals surface area contributed by atoms with Crippen LogP contribution in [0.4, 0.5) is 0 Å². The molecule has 1 saturated carbocycles. The molecule has 1 aromatic rings. The van der Waals surface area contributed by atoms with E-state index in [1.54, 1.807) is 0 Å². The first kappa shape index (κ1) is 16.5. The van der Waals surface area contributed by atoms with Crippen molar-refractivity contribution >= 4 is 0 Å². The van der Waals surface area contributed by atoms with E-state index in [0.717, 1.165) is 38.1 Å². The fourth-order valence-corrected chi connectivity index (χ4v) is 3.46. The smallest absolute Gasteiger partial charge is 0.130 e. The summed E-state index contributed by atoms with van der Waals surface area (Å²) in [4.78, 5) is 4.54. The summed E-state index contributed by atoms with van der Waals surface area (Å²) in [7, 11) is 0. The number of aryl methyl sites for hydroxylation is 1. The highest BCUT2D eigenvalue weighted by Gasteiger charge is 2.46. The molecule has 0 amide bonds. The molecule has 1 aliphatic carbocycles. The van der Waals surface area contributed by atoms with E-state index in [0.29, 0.717) is 12.0 Å². The highest BCUT2D eigenvalue weighted by Crippen LogP contribution is 2.47. The Morgan fingerprint density at radius 3 is 2.52 bits per heavy atom. The van der Waals surface area contributed by atoms with Crippen LogP contribution in [-0.4, -0.2) is 21.8 Å². The quantitative estimate of drug-likeness (QED) is 0.625. The lowest BCUT2D eigenvalue weighted by Crippen LogP contribution is -2.52. The van der Waals surface area contributed by atoms with Crippen molar-refractivity contribution < 1.29 is 4.74 Å². The molecule has 120 valence electrons. The number of hydrazine groups is 1. The number of nitrogens with two attached hydrogens (primary N) is 1. The summed E-state index contributed by atoms with van der Waals surface area (Å²) in [5.41, 5.74) is 3.13. The van der Waals surface area contributed by atoms with E-state index >= 15 is 0 Å². The van der Waals surface area contributed by atoms with Crippen molar-refractivity contribution in [3.8, 4) is 0 Å². The lowest BCUT2D eigenvalue weighted by molar-refractivity contribution is -0.110. The molecule has 5 heteroatoms. The third-order valence-electron chi connectivity index (χ3n) is 4.92. The van der Waals surface area contributed by atoms with E-state index in [9.17, 15) is 0 Å². The number of aromatic nitrogens is 2. The normalized spacial score (nSPS) is 22.1. The summed E-state index contributed by atoms with van der Waals surface area (Å²) in [5.74, 6) is 6.90. The molecule has 0 aromatic carbocycles. The second-order valence-electron chi connectivity index (χ2n) is 6.83. The predicted molar refractivity (Wildman–Crippen MR) is 84.6 cm³/mol. The molecule has 2 rings (SSSR count).